The number of hydrogen-bond acceptors (Lipinski definition) is 6. The lowest BCUT2D eigenvalue weighted by atomic mass is 10.2. The number of anilines is 2. The summed E-state index contributed by atoms with van der Waals surface area (Å²) >= 11 is 1.07. The molecular weight excluding hydrogens is 420 g/mol. The van der Waals surface area contributed by atoms with Crippen molar-refractivity contribution in [3.8, 4) is 5.75 Å². The highest BCUT2D eigenvalue weighted by atomic mass is 32.2. The van der Waals surface area contributed by atoms with E-state index in [0.717, 1.165) is 11.3 Å². The van der Waals surface area contributed by atoms with Crippen LogP contribution in [0, 0.1) is 6.92 Å². The molecule has 0 atom stereocenters. The number of benzene rings is 2. The van der Waals surface area contributed by atoms with Gasteiger partial charge in [0.25, 0.3) is 20.0 Å². The monoisotopic (exact) mass is 438 g/mol. The van der Waals surface area contributed by atoms with Crippen LogP contribution in [0.15, 0.2) is 69.1 Å². The van der Waals surface area contributed by atoms with Crippen molar-refractivity contribution in [3.63, 3.8) is 0 Å². The first-order valence-corrected chi connectivity index (χ1v) is 11.9. The van der Waals surface area contributed by atoms with Crippen LogP contribution in [0.2, 0.25) is 0 Å². The molecule has 0 saturated heterocycles. The topological polar surface area (TPSA) is 102 Å². The van der Waals surface area contributed by atoms with E-state index in [9.17, 15) is 16.8 Å². The predicted octanol–water partition coefficient (Wildman–Crippen LogP) is 3.67. The summed E-state index contributed by atoms with van der Waals surface area (Å²) in [5.41, 5.74) is 0.912. The van der Waals surface area contributed by atoms with Crippen LogP contribution in [0.5, 0.6) is 5.75 Å². The molecule has 3 rings (SSSR count). The van der Waals surface area contributed by atoms with Gasteiger partial charge in [0.2, 0.25) is 0 Å². The summed E-state index contributed by atoms with van der Waals surface area (Å²) < 4.78 is 60.8. The van der Waals surface area contributed by atoms with Gasteiger partial charge in [0.1, 0.15) is 9.96 Å². The van der Waals surface area contributed by atoms with E-state index in [0.29, 0.717) is 11.3 Å². The standard InChI is InChI=1S/C18H18N2O5S3/c1-13-9-10-14(19-28(23,24)18-8-5-11-26-18)12-17(13)27(21,22)20-15-6-3-4-7-16(15)25-2/h3-12,19-20H,1-2H3. The van der Waals surface area contributed by atoms with Crippen molar-refractivity contribution in [1.29, 1.82) is 0 Å². The third-order valence-corrected chi connectivity index (χ3v) is 8.13. The van der Waals surface area contributed by atoms with Crippen molar-refractivity contribution in [1.82, 2.24) is 0 Å². The molecule has 0 aliphatic carbocycles. The van der Waals surface area contributed by atoms with Crippen molar-refractivity contribution in [2.45, 2.75) is 16.0 Å². The fourth-order valence-electron chi connectivity index (χ4n) is 2.50. The van der Waals surface area contributed by atoms with Gasteiger partial charge in [0, 0.05) is 0 Å². The van der Waals surface area contributed by atoms with Gasteiger partial charge in [-0.15, -0.1) is 11.3 Å². The molecule has 0 bridgehead atoms. The lowest BCUT2D eigenvalue weighted by molar-refractivity contribution is 0.417. The molecule has 2 N–H and O–H groups in total. The molecule has 0 unspecified atom stereocenters. The second-order valence-electron chi connectivity index (χ2n) is 5.82. The number of ether oxygens (including phenoxy) is 1. The number of nitrogens with one attached hydrogen (secondary N) is 2. The van der Waals surface area contributed by atoms with E-state index in [1.54, 1.807) is 48.7 Å². The first-order chi connectivity index (χ1) is 13.2. The second-order valence-corrected chi connectivity index (χ2v) is 10.3. The number of aryl methyl sites for hydroxylation is 1. The maximum Gasteiger partial charge on any atom is 0.271 e. The molecule has 3 aromatic rings. The Kier molecular flexibility index (Phi) is 5.64. The van der Waals surface area contributed by atoms with E-state index in [1.807, 2.05) is 0 Å². The zero-order valence-electron chi connectivity index (χ0n) is 15.0. The lowest BCUT2D eigenvalue weighted by Crippen LogP contribution is -2.16. The molecule has 148 valence electrons. The zero-order valence-corrected chi connectivity index (χ0v) is 17.5. The molecule has 0 spiro atoms. The Morgan fingerprint density at radius 1 is 0.893 bits per heavy atom. The number of methoxy groups -OCH3 is 1. The molecule has 7 nitrogen and oxygen atoms in total. The molecule has 0 fully saturated rings. The van der Waals surface area contributed by atoms with Gasteiger partial charge >= 0.3 is 0 Å². The van der Waals surface area contributed by atoms with Crippen LogP contribution in [-0.2, 0) is 20.0 Å². The van der Waals surface area contributed by atoms with Crippen LogP contribution in [0.1, 0.15) is 5.56 Å². The summed E-state index contributed by atoms with van der Waals surface area (Å²) in [6, 6.07) is 14.1. The number of rotatable bonds is 7. The summed E-state index contributed by atoms with van der Waals surface area (Å²) in [6.45, 7) is 1.63. The van der Waals surface area contributed by atoms with Crippen LogP contribution in [0.25, 0.3) is 0 Å². The van der Waals surface area contributed by atoms with Gasteiger partial charge in [-0.25, -0.2) is 16.8 Å². The molecule has 1 heterocycles. The molecule has 0 amide bonds. The Morgan fingerprint density at radius 2 is 1.64 bits per heavy atom. The first kappa shape index (κ1) is 20.2. The van der Waals surface area contributed by atoms with Crippen molar-refractivity contribution < 1.29 is 21.6 Å². The van der Waals surface area contributed by atoms with Crippen LogP contribution in [-0.4, -0.2) is 23.9 Å². The minimum absolute atomic E-state index is 0.0372. The molecule has 28 heavy (non-hydrogen) atoms. The fraction of sp³-hybridized carbons (Fsp3) is 0.111. The highest BCUT2D eigenvalue weighted by Crippen LogP contribution is 2.29. The van der Waals surface area contributed by atoms with E-state index < -0.39 is 20.0 Å². The predicted molar refractivity (Wildman–Crippen MR) is 110 cm³/mol. The summed E-state index contributed by atoms with van der Waals surface area (Å²) in [4.78, 5) is -0.0372. The van der Waals surface area contributed by atoms with Crippen molar-refractivity contribution in [2.24, 2.45) is 0 Å². The Balaban J connectivity index is 1.95. The highest BCUT2D eigenvalue weighted by Gasteiger charge is 2.21. The summed E-state index contributed by atoms with van der Waals surface area (Å²) in [5, 5.41) is 1.65. The minimum atomic E-state index is -3.97. The Bertz CT molecular complexity index is 1190. The fourth-order valence-corrected chi connectivity index (χ4v) is 5.89. The molecule has 0 saturated carbocycles. The van der Waals surface area contributed by atoms with Gasteiger partial charge in [-0.1, -0.05) is 24.3 Å². The van der Waals surface area contributed by atoms with E-state index in [1.165, 1.54) is 25.3 Å². The van der Waals surface area contributed by atoms with E-state index >= 15 is 0 Å². The lowest BCUT2D eigenvalue weighted by Gasteiger charge is -2.14. The largest absolute Gasteiger partial charge is 0.495 e. The number of hydrogen-bond donors (Lipinski definition) is 2. The number of para-hydroxylation sites is 2. The van der Waals surface area contributed by atoms with E-state index in [2.05, 4.69) is 9.44 Å². The normalized spacial score (nSPS) is 11.8. The van der Waals surface area contributed by atoms with Crippen LogP contribution in [0.4, 0.5) is 11.4 Å². The van der Waals surface area contributed by atoms with Crippen LogP contribution >= 0.6 is 11.3 Å². The van der Waals surface area contributed by atoms with Crippen molar-refractivity contribution in [3.05, 3.63) is 65.5 Å². The summed E-state index contributed by atoms with van der Waals surface area (Å²) in [7, 11) is -6.31. The maximum absolute atomic E-state index is 12.9. The first-order valence-electron chi connectivity index (χ1n) is 8.06. The number of sulfonamides is 2. The number of thiophene rings is 1. The summed E-state index contributed by atoms with van der Waals surface area (Å²) in [6.07, 6.45) is 0. The van der Waals surface area contributed by atoms with Gasteiger partial charge in [-0.3, -0.25) is 9.44 Å². The molecule has 0 aliphatic rings. The van der Waals surface area contributed by atoms with Crippen molar-refractivity contribution >= 4 is 42.8 Å². The summed E-state index contributed by atoms with van der Waals surface area (Å²) in [5.74, 6) is 0.373. The smallest absolute Gasteiger partial charge is 0.271 e. The quantitative estimate of drug-likeness (QED) is 0.586. The van der Waals surface area contributed by atoms with E-state index in [4.69, 9.17) is 4.74 Å². The maximum atomic E-state index is 12.9. The SMILES string of the molecule is COc1ccccc1NS(=O)(=O)c1cc(NS(=O)(=O)c2cccs2)ccc1C. The molecule has 2 aromatic carbocycles. The highest BCUT2D eigenvalue weighted by molar-refractivity contribution is 7.94. The zero-order chi connectivity index (χ0) is 20.4. The molecule has 10 heteroatoms. The van der Waals surface area contributed by atoms with Gasteiger partial charge in [0.05, 0.1) is 23.4 Å². The Hall–Kier alpha value is -2.56. The Morgan fingerprint density at radius 3 is 2.32 bits per heavy atom. The molecule has 1 aromatic heterocycles. The average molecular weight is 439 g/mol. The molecule has 0 aliphatic heterocycles. The third-order valence-electron chi connectivity index (χ3n) is 3.84. The van der Waals surface area contributed by atoms with Gasteiger partial charge in [-0.2, -0.15) is 0 Å². The second kappa shape index (κ2) is 7.82. The van der Waals surface area contributed by atoms with Gasteiger partial charge in [-0.05, 0) is 48.2 Å². The Labute approximate surface area is 168 Å². The van der Waals surface area contributed by atoms with Crippen LogP contribution < -0.4 is 14.2 Å². The van der Waals surface area contributed by atoms with Gasteiger partial charge < -0.3 is 4.74 Å². The van der Waals surface area contributed by atoms with Gasteiger partial charge in [0.15, 0.2) is 0 Å². The molecule has 0 radical (unpaired) electrons. The third kappa shape index (κ3) is 4.29. The molecular formula is C18H18N2O5S3. The van der Waals surface area contributed by atoms with Crippen molar-refractivity contribution in [2.75, 3.05) is 16.6 Å². The average Bonchev–Trinajstić information content (AvgIpc) is 3.19. The van der Waals surface area contributed by atoms with E-state index in [-0.39, 0.29) is 20.5 Å². The minimum Gasteiger partial charge on any atom is -0.495 e. The van der Waals surface area contributed by atoms with Crippen LogP contribution in [0.3, 0.4) is 0 Å².